The molecule has 2 aromatic rings. The number of rotatable bonds is 5. The topological polar surface area (TPSA) is 102 Å². The number of nitrogens with zero attached hydrogens (tertiary/aromatic N) is 4. The number of hydrogen-bond donors (Lipinski definition) is 0. The number of aryl methyl sites for hydroxylation is 1. The van der Waals surface area contributed by atoms with Gasteiger partial charge in [-0.05, 0) is 6.07 Å². The molecule has 0 aliphatic heterocycles. The van der Waals surface area contributed by atoms with Crippen LogP contribution in [-0.4, -0.2) is 32.9 Å². The molecular weight excluding hydrogens is 312 g/mol. The van der Waals surface area contributed by atoms with Crippen molar-refractivity contribution in [2.75, 3.05) is 7.05 Å². The van der Waals surface area contributed by atoms with Gasteiger partial charge in [0.2, 0.25) is 5.89 Å². The quantitative estimate of drug-likeness (QED) is 0.618. The molecule has 0 radical (unpaired) electrons. The summed E-state index contributed by atoms with van der Waals surface area (Å²) in [6, 6.07) is 3.71. The fourth-order valence-corrected chi connectivity index (χ4v) is 1.97. The van der Waals surface area contributed by atoms with E-state index in [0.717, 1.165) is 6.07 Å². The maximum atomic E-state index is 12.4. The molecule has 116 valence electrons. The number of carbonyl (C=O) groups is 1. The summed E-state index contributed by atoms with van der Waals surface area (Å²) >= 11 is 5.95. The molecule has 8 nitrogen and oxygen atoms in total. The summed E-state index contributed by atoms with van der Waals surface area (Å²) < 4.78 is 5.01. The predicted molar refractivity (Wildman–Crippen MR) is 77.6 cm³/mol. The molecule has 1 heterocycles. The lowest BCUT2D eigenvalue weighted by molar-refractivity contribution is -0.384. The van der Waals surface area contributed by atoms with Gasteiger partial charge in [-0.3, -0.25) is 14.9 Å². The first-order valence-electron chi connectivity index (χ1n) is 6.43. The van der Waals surface area contributed by atoms with E-state index >= 15 is 0 Å². The zero-order chi connectivity index (χ0) is 16.3. The van der Waals surface area contributed by atoms with E-state index in [1.165, 1.54) is 24.1 Å². The Morgan fingerprint density at radius 3 is 2.82 bits per heavy atom. The molecule has 2 rings (SSSR count). The number of nitro benzene ring substituents is 1. The van der Waals surface area contributed by atoms with Crippen molar-refractivity contribution in [3.05, 3.63) is 50.6 Å². The lowest BCUT2D eigenvalue weighted by atomic mass is 10.1. The van der Waals surface area contributed by atoms with E-state index < -0.39 is 10.8 Å². The van der Waals surface area contributed by atoms with Gasteiger partial charge in [0, 0.05) is 25.6 Å². The zero-order valence-corrected chi connectivity index (χ0v) is 12.7. The van der Waals surface area contributed by atoms with Gasteiger partial charge in [-0.2, -0.15) is 4.98 Å². The maximum Gasteiger partial charge on any atom is 0.270 e. The van der Waals surface area contributed by atoms with Crippen LogP contribution in [0.5, 0.6) is 0 Å². The van der Waals surface area contributed by atoms with E-state index in [1.54, 1.807) is 0 Å². The zero-order valence-electron chi connectivity index (χ0n) is 11.9. The summed E-state index contributed by atoms with van der Waals surface area (Å²) in [6.07, 6.45) is 0.623. The van der Waals surface area contributed by atoms with Crippen LogP contribution in [0, 0.1) is 10.1 Å². The van der Waals surface area contributed by atoms with Crippen LogP contribution in [-0.2, 0) is 13.0 Å². The Balaban J connectivity index is 2.19. The second-order valence-electron chi connectivity index (χ2n) is 4.54. The number of non-ortho nitro benzene ring substituents is 1. The van der Waals surface area contributed by atoms with Crippen molar-refractivity contribution in [2.24, 2.45) is 0 Å². The summed E-state index contributed by atoms with van der Waals surface area (Å²) in [7, 11) is 1.52. The number of hydrogen-bond acceptors (Lipinski definition) is 6. The van der Waals surface area contributed by atoms with Gasteiger partial charge in [-0.1, -0.05) is 23.7 Å². The molecule has 0 saturated carbocycles. The molecule has 0 N–H and O–H groups in total. The summed E-state index contributed by atoms with van der Waals surface area (Å²) in [5.41, 5.74) is -0.152. The van der Waals surface area contributed by atoms with Crippen molar-refractivity contribution in [1.82, 2.24) is 15.0 Å². The van der Waals surface area contributed by atoms with Gasteiger partial charge in [-0.25, -0.2) is 0 Å². The van der Waals surface area contributed by atoms with Crippen LogP contribution >= 0.6 is 11.6 Å². The average Bonchev–Trinajstić information content (AvgIpc) is 2.94. The van der Waals surface area contributed by atoms with Gasteiger partial charge >= 0.3 is 0 Å². The molecule has 9 heteroatoms. The standard InChI is InChI=1S/C13H13ClN4O4/c1-3-11-15-12(22-16-11)7-17(2)13(19)9-6-8(18(20)21)4-5-10(9)14/h4-6H,3,7H2,1-2H3. The third-order valence-electron chi connectivity index (χ3n) is 2.94. The molecule has 0 bridgehead atoms. The molecule has 1 aromatic carbocycles. The Morgan fingerprint density at radius 1 is 1.50 bits per heavy atom. The highest BCUT2D eigenvalue weighted by atomic mass is 35.5. The third kappa shape index (κ3) is 3.40. The van der Waals surface area contributed by atoms with Crippen LogP contribution in [0.2, 0.25) is 5.02 Å². The monoisotopic (exact) mass is 324 g/mol. The molecule has 0 unspecified atom stereocenters. The molecular formula is C13H13ClN4O4. The Morgan fingerprint density at radius 2 is 2.23 bits per heavy atom. The lowest BCUT2D eigenvalue weighted by Gasteiger charge is -2.15. The van der Waals surface area contributed by atoms with E-state index in [1.807, 2.05) is 6.92 Å². The Hall–Kier alpha value is -2.48. The minimum absolute atomic E-state index is 0.0496. The number of halogens is 1. The number of carbonyl (C=O) groups excluding carboxylic acids is 1. The van der Waals surface area contributed by atoms with E-state index in [9.17, 15) is 14.9 Å². The van der Waals surface area contributed by atoms with Crippen molar-refractivity contribution in [3.8, 4) is 0 Å². The largest absolute Gasteiger partial charge is 0.337 e. The van der Waals surface area contributed by atoms with Crippen LogP contribution < -0.4 is 0 Å². The third-order valence-corrected chi connectivity index (χ3v) is 3.27. The Bertz CT molecular complexity index is 716. The smallest absolute Gasteiger partial charge is 0.270 e. The summed E-state index contributed by atoms with van der Waals surface area (Å²) in [5.74, 6) is 0.364. The highest BCUT2D eigenvalue weighted by molar-refractivity contribution is 6.33. The average molecular weight is 325 g/mol. The predicted octanol–water partition coefficient (Wildman–Crippen LogP) is 2.47. The van der Waals surface area contributed by atoms with Crippen LogP contribution in [0.4, 0.5) is 5.69 Å². The fraction of sp³-hybridized carbons (Fsp3) is 0.308. The second-order valence-corrected chi connectivity index (χ2v) is 4.95. The van der Waals surface area contributed by atoms with E-state index in [-0.39, 0.29) is 28.7 Å². The van der Waals surface area contributed by atoms with Gasteiger partial charge in [0.1, 0.15) is 0 Å². The Labute approximate surface area is 130 Å². The van der Waals surface area contributed by atoms with E-state index in [4.69, 9.17) is 16.1 Å². The number of aromatic nitrogens is 2. The van der Waals surface area contributed by atoms with Crippen LogP contribution in [0.25, 0.3) is 0 Å². The second kappa shape index (κ2) is 6.52. The van der Waals surface area contributed by atoms with Crippen molar-refractivity contribution in [3.63, 3.8) is 0 Å². The highest BCUT2D eigenvalue weighted by Gasteiger charge is 2.20. The number of benzene rings is 1. The number of amides is 1. The number of nitro groups is 1. The van der Waals surface area contributed by atoms with Crippen molar-refractivity contribution in [1.29, 1.82) is 0 Å². The molecule has 0 spiro atoms. The molecule has 22 heavy (non-hydrogen) atoms. The molecule has 1 amide bonds. The van der Waals surface area contributed by atoms with Crippen LogP contribution in [0.15, 0.2) is 22.7 Å². The molecule has 0 aliphatic carbocycles. The van der Waals surface area contributed by atoms with Crippen molar-refractivity contribution in [2.45, 2.75) is 19.9 Å². The summed E-state index contributed by atoms with van der Waals surface area (Å²) in [6.45, 7) is 1.97. The molecule has 0 atom stereocenters. The van der Waals surface area contributed by atoms with Gasteiger partial charge in [0.15, 0.2) is 5.82 Å². The molecule has 0 saturated heterocycles. The fourth-order valence-electron chi connectivity index (χ4n) is 1.77. The van der Waals surface area contributed by atoms with Crippen molar-refractivity contribution < 1.29 is 14.2 Å². The summed E-state index contributed by atoms with van der Waals surface area (Å²) in [4.78, 5) is 28.0. The van der Waals surface area contributed by atoms with E-state index in [0.29, 0.717) is 12.2 Å². The van der Waals surface area contributed by atoms with Crippen LogP contribution in [0.3, 0.4) is 0 Å². The molecule has 0 fully saturated rings. The van der Waals surface area contributed by atoms with Gasteiger partial charge < -0.3 is 9.42 Å². The Kier molecular flexibility index (Phi) is 4.71. The minimum atomic E-state index is -0.585. The minimum Gasteiger partial charge on any atom is -0.337 e. The molecule has 1 aromatic heterocycles. The van der Waals surface area contributed by atoms with Crippen molar-refractivity contribution >= 4 is 23.2 Å². The van der Waals surface area contributed by atoms with Gasteiger partial charge in [0.05, 0.1) is 22.1 Å². The van der Waals surface area contributed by atoms with Gasteiger partial charge in [0.25, 0.3) is 11.6 Å². The first-order chi connectivity index (χ1) is 10.4. The van der Waals surface area contributed by atoms with Gasteiger partial charge in [-0.15, -0.1) is 0 Å². The SMILES string of the molecule is CCc1noc(CN(C)C(=O)c2cc([N+](=O)[O-])ccc2Cl)n1. The first kappa shape index (κ1) is 15.9. The van der Waals surface area contributed by atoms with E-state index in [2.05, 4.69) is 10.1 Å². The molecule has 0 aliphatic rings. The summed E-state index contributed by atoms with van der Waals surface area (Å²) in [5, 5.41) is 14.7. The highest BCUT2D eigenvalue weighted by Crippen LogP contribution is 2.23. The van der Waals surface area contributed by atoms with Crippen LogP contribution in [0.1, 0.15) is 29.0 Å². The first-order valence-corrected chi connectivity index (χ1v) is 6.81. The normalized spacial score (nSPS) is 10.5. The maximum absolute atomic E-state index is 12.4. The lowest BCUT2D eigenvalue weighted by Crippen LogP contribution is -2.26.